The van der Waals surface area contributed by atoms with Crippen molar-refractivity contribution in [1.29, 1.82) is 0 Å². The molecule has 3 heteroatoms. The van der Waals surface area contributed by atoms with Crippen molar-refractivity contribution in [1.82, 2.24) is 5.32 Å². The first-order valence-corrected chi connectivity index (χ1v) is 7.79. The molecule has 1 aromatic rings. The molecule has 20 heavy (non-hydrogen) atoms. The zero-order chi connectivity index (χ0) is 14.4. The maximum Gasteiger partial charge on any atom is 0.0511 e. The Bertz CT molecular complexity index is 413. The number of ether oxygens (including phenoxy) is 1. The number of hydrogen-bond donors (Lipinski definition) is 1. The predicted molar refractivity (Wildman–Crippen MR) is 85.4 cm³/mol. The third-order valence-electron chi connectivity index (χ3n) is 4.00. The molecule has 2 rings (SSSR count). The second-order valence-corrected chi connectivity index (χ2v) is 5.88. The minimum Gasteiger partial charge on any atom is -0.381 e. The summed E-state index contributed by atoms with van der Waals surface area (Å²) in [6.07, 6.45) is 2.50. The SMILES string of the molecule is CCNCc1cc(C)ccc1N(C)CC1CCCOC1. The Morgan fingerprint density at radius 1 is 1.40 bits per heavy atom. The van der Waals surface area contributed by atoms with Crippen LogP contribution in [0.15, 0.2) is 18.2 Å². The third-order valence-corrected chi connectivity index (χ3v) is 4.00. The monoisotopic (exact) mass is 276 g/mol. The highest BCUT2D eigenvalue weighted by molar-refractivity contribution is 5.54. The molecule has 0 amide bonds. The molecule has 1 atom stereocenters. The summed E-state index contributed by atoms with van der Waals surface area (Å²) >= 11 is 0. The summed E-state index contributed by atoms with van der Waals surface area (Å²) in [6, 6.07) is 6.76. The van der Waals surface area contributed by atoms with E-state index in [4.69, 9.17) is 4.74 Å². The first kappa shape index (κ1) is 15.3. The number of hydrogen-bond acceptors (Lipinski definition) is 3. The summed E-state index contributed by atoms with van der Waals surface area (Å²) in [5.74, 6) is 0.669. The predicted octanol–water partition coefficient (Wildman–Crippen LogP) is 2.97. The standard InChI is InChI=1S/C17H28N2O/c1-4-18-11-16-10-14(2)7-8-17(16)19(3)12-15-6-5-9-20-13-15/h7-8,10,15,18H,4-6,9,11-13H2,1-3H3. The van der Waals surface area contributed by atoms with Gasteiger partial charge in [-0.25, -0.2) is 0 Å². The van der Waals surface area contributed by atoms with Crippen LogP contribution in [-0.2, 0) is 11.3 Å². The molecule has 1 fully saturated rings. The lowest BCUT2D eigenvalue weighted by atomic mass is 10.0. The highest BCUT2D eigenvalue weighted by atomic mass is 16.5. The minimum absolute atomic E-state index is 0.669. The third kappa shape index (κ3) is 4.22. The number of nitrogens with one attached hydrogen (secondary N) is 1. The van der Waals surface area contributed by atoms with Gasteiger partial charge in [0, 0.05) is 32.4 Å². The van der Waals surface area contributed by atoms with Gasteiger partial charge in [0.05, 0.1) is 6.61 Å². The second kappa shape index (κ2) is 7.65. The van der Waals surface area contributed by atoms with Crippen molar-refractivity contribution in [3.8, 4) is 0 Å². The lowest BCUT2D eigenvalue weighted by Gasteiger charge is -2.30. The normalized spacial score (nSPS) is 19.1. The van der Waals surface area contributed by atoms with E-state index in [2.05, 4.69) is 49.3 Å². The van der Waals surface area contributed by atoms with E-state index in [1.165, 1.54) is 29.7 Å². The molecule has 0 radical (unpaired) electrons. The van der Waals surface area contributed by atoms with Crippen molar-refractivity contribution >= 4 is 5.69 Å². The van der Waals surface area contributed by atoms with Crippen molar-refractivity contribution < 1.29 is 4.74 Å². The average Bonchev–Trinajstić information content (AvgIpc) is 2.46. The number of aryl methyl sites for hydroxylation is 1. The van der Waals surface area contributed by atoms with Crippen LogP contribution in [0.25, 0.3) is 0 Å². The molecule has 0 aromatic heterocycles. The first-order chi connectivity index (χ1) is 9.70. The van der Waals surface area contributed by atoms with Crippen LogP contribution in [0, 0.1) is 12.8 Å². The van der Waals surface area contributed by atoms with E-state index in [0.29, 0.717) is 5.92 Å². The van der Waals surface area contributed by atoms with Crippen LogP contribution in [0.2, 0.25) is 0 Å². The fourth-order valence-corrected chi connectivity index (χ4v) is 2.92. The van der Waals surface area contributed by atoms with Crippen molar-refractivity contribution in [2.45, 2.75) is 33.2 Å². The number of rotatable bonds is 6. The number of benzene rings is 1. The van der Waals surface area contributed by atoms with Crippen LogP contribution in [0.5, 0.6) is 0 Å². The molecule has 1 N–H and O–H groups in total. The zero-order valence-corrected chi connectivity index (χ0v) is 13.1. The summed E-state index contributed by atoms with van der Waals surface area (Å²) in [6.45, 7) is 9.21. The van der Waals surface area contributed by atoms with Gasteiger partial charge in [-0.15, -0.1) is 0 Å². The largest absolute Gasteiger partial charge is 0.381 e. The van der Waals surface area contributed by atoms with E-state index in [-0.39, 0.29) is 0 Å². The summed E-state index contributed by atoms with van der Waals surface area (Å²) in [4.78, 5) is 2.39. The quantitative estimate of drug-likeness (QED) is 0.864. The van der Waals surface area contributed by atoms with E-state index in [1.807, 2.05) is 0 Å². The van der Waals surface area contributed by atoms with E-state index in [0.717, 1.165) is 32.8 Å². The van der Waals surface area contributed by atoms with Crippen molar-refractivity contribution in [2.75, 3.05) is 38.3 Å². The van der Waals surface area contributed by atoms with E-state index >= 15 is 0 Å². The number of nitrogens with zero attached hydrogens (tertiary/aromatic N) is 1. The molecule has 0 bridgehead atoms. The molecule has 1 aromatic carbocycles. The van der Waals surface area contributed by atoms with Crippen LogP contribution in [0.4, 0.5) is 5.69 Å². The molecule has 0 saturated carbocycles. The van der Waals surface area contributed by atoms with Crippen LogP contribution in [-0.4, -0.2) is 33.4 Å². The van der Waals surface area contributed by atoms with Crippen LogP contribution >= 0.6 is 0 Å². The van der Waals surface area contributed by atoms with E-state index in [1.54, 1.807) is 0 Å². The minimum atomic E-state index is 0.669. The highest BCUT2D eigenvalue weighted by Gasteiger charge is 2.17. The Morgan fingerprint density at radius 2 is 2.25 bits per heavy atom. The maximum absolute atomic E-state index is 5.59. The Kier molecular flexibility index (Phi) is 5.86. The average molecular weight is 276 g/mol. The fourth-order valence-electron chi connectivity index (χ4n) is 2.92. The van der Waals surface area contributed by atoms with Crippen LogP contribution in [0.3, 0.4) is 0 Å². The summed E-state index contributed by atoms with van der Waals surface area (Å²) in [5, 5.41) is 3.44. The number of anilines is 1. The first-order valence-electron chi connectivity index (χ1n) is 7.79. The van der Waals surface area contributed by atoms with Gasteiger partial charge < -0.3 is 15.0 Å². The van der Waals surface area contributed by atoms with Gasteiger partial charge in [0.2, 0.25) is 0 Å². The lowest BCUT2D eigenvalue weighted by Crippen LogP contribution is -2.31. The van der Waals surface area contributed by atoms with E-state index in [9.17, 15) is 0 Å². The Labute approximate surface area is 123 Å². The summed E-state index contributed by atoms with van der Waals surface area (Å²) in [5.41, 5.74) is 4.07. The lowest BCUT2D eigenvalue weighted by molar-refractivity contribution is 0.0576. The summed E-state index contributed by atoms with van der Waals surface area (Å²) < 4.78 is 5.59. The topological polar surface area (TPSA) is 24.5 Å². The van der Waals surface area contributed by atoms with Gasteiger partial charge in [-0.2, -0.15) is 0 Å². The van der Waals surface area contributed by atoms with Crippen molar-refractivity contribution in [3.05, 3.63) is 29.3 Å². The molecule has 3 nitrogen and oxygen atoms in total. The van der Waals surface area contributed by atoms with Gasteiger partial charge >= 0.3 is 0 Å². The van der Waals surface area contributed by atoms with E-state index < -0.39 is 0 Å². The van der Waals surface area contributed by atoms with Crippen LogP contribution in [0.1, 0.15) is 30.9 Å². The molecular weight excluding hydrogens is 248 g/mol. The van der Waals surface area contributed by atoms with Crippen LogP contribution < -0.4 is 10.2 Å². The Balaban J connectivity index is 2.05. The highest BCUT2D eigenvalue weighted by Crippen LogP contribution is 2.24. The molecule has 0 spiro atoms. The summed E-state index contributed by atoms with van der Waals surface area (Å²) in [7, 11) is 2.20. The van der Waals surface area contributed by atoms with Gasteiger partial charge in [0.25, 0.3) is 0 Å². The van der Waals surface area contributed by atoms with Gasteiger partial charge in [-0.1, -0.05) is 24.6 Å². The molecule has 112 valence electrons. The second-order valence-electron chi connectivity index (χ2n) is 5.88. The maximum atomic E-state index is 5.59. The molecule has 0 aliphatic carbocycles. The van der Waals surface area contributed by atoms with Gasteiger partial charge in [-0.3, -0.25) is 0 Å². The Morgan fingerprint density at radius 3 is 2.95 bits per heavy atom. The van der Waals surface area contributed by atoms with Gasteiger partial charge in [-0.05, 0) is 43.9 Å². The molecule has 1 unspecified atom stereocenters. The van der Waals surface area contributed by atoms with Crippen molar-refractivity contribution in [3.63, 3.8) is 0 Å². The molecular formula is C17H28N2O. The molecule has 1 aliphatic rings. The Hall–Kier alpha value is -1.06. The fraction of sp³-hybridized carbons (Fsp3) is 0.647. The van der Waals surface area contributed by atoms with Gasteiger partial charge in [0.15, 0.2) is 0 Å². The molecule has 1 saturated heterocycles. The molecule has 1 aliphatic heterocycles. The van der Waals surface area contributed by atoms with Crippen molar-refractivity contribution in [2.24, 2.45) is 5.92 Å². The van der Waals surface area contributed by atoms with Gasteiger partial charge in [0.1, 0.15) is 0 Å². The zero-order valence-electron chi connectivity index (χ0n) is 13.1. The molecule has 1 heterocycles. The smallest absolute Gasteiger partial charge is 0.0511 e.